The maximum atomic E-state index is 5.91. The van der Waals surface area contributed by atoms with E-state index in [0.29, 0.717) is 18.6 Å². The molecule has 0 atom stereocenters. The Kier molecular flexibility index (Phi) is 6.68. The van der Waals surface area contributed by atoms with E-state index in [0.717, 1.165) is 44.8 Å². The smallest absolute Gasteiger partial charge is 0.193 e. The van der Waals surface area contributed by atoms with Gasteiger partial charge in [0.2, 0.25) is 0 Å². The second kappa shape index (κ2) is 8.76. The van der Waals surface area contributed by atoms with Crippen molar-refractivity contribution < 1.29 is 9.47 Å². The van der Waals surface area contributed by atoms with Gasteiger partial charge in [-0.15, -0.1) is 0 Å². The highest BCUT2D eigenvalue weighted by molar-refractivity contribution is 5.92. The minimum atomic E-state index is 0.350. The number of guanidine groups is 1. The third kappa shape index (κ3) is 6.03. The van der Waals surface area contributed by atoms with E-state index in [2.05, 4.69) is 42.4 Å². The normalized spacial score (nSPS) is 16.7. The third-order valence-electron chi connectivity index (χ3n) is 3.60. The van der Waals surface area contributed by atoms with Gasteiger partial charge in [-0.1, -0.05) is 6.07 Å². The van der Waals surface area contributed by atoms with Crippen LogP contribution in [0, 0.1) is 13.8 Å². The lowest BCUT2D eigenvalue weighted by Crippen LogP contribution is -2.24. The van der Waals surface area contributed by atoms with Crippen molar-refractivity contribution in [2.75, 3.05) is 31.7 Å². The van der Waals surface area contributed by atoms with Gasteiger partial charge in [-0.3, -0.25) is 4.99 Å². The van der Waals surface area contributed by atoms with Crippen molar-refractivity contribution in [3.8, 4) is 0 Å². The van der Waals surface area contributed by atoms with Gasteiger partial charge in [0.15, 0.2) is 5.96 Å². The van der Waals surface area contributed by atoms with Crippen LogP contribution in [0.25, 0.3) is 0 Å². The molecule has 22 heavy (non-hydrogen) atoms. The van der Waals surface area contributed by atoms with Crippen molar-refractivity contribution >= 4 is 11.6 Å². The standard InChI is InChI=1S/C17H27N3O2/c1-13-10-14(2)12-15(11-13)20-17(18)19-6-3-7-22-16-4-8-21-9-5-16/h10-12,16H,3-9H2,1-2H3,(H3,18,19,20). The van der Waals surface area contributed by atoms with Crippen LogP contribution >= 0.6 is 0 Å². The summed E-state index contributed by atoms with van der Waals surface area (Å²) in [5.74, 6) is 0.455. The van der Waals surface area contributed by atoms with Crippen molar-refractivity contribution in [1.29, 1.82) is 0 Å². The Morgan fingerprint density at radius 2 is 1.95 bits per heavy atom. The second-order valence-corrected chi connectivity index (χ2v) is 5.80. The maximum absolute atomic E-state index is 5.91. The Morgan fingerprint density at radius 3 is 2.64 bits per heavy atom. The highest BCUT2D eigenvalue weighted by Gasteiger charge is 2.13. The molecule has 0 spiro atoms. The summed E-state index contributed by atoms with van der Waals surface area (Å²) >= 11 is 0. The fourth-order valence-corrected chi connectivity index (χ4v) is 2.59. The molecule has 1 aromatic carbocycles. The van der Waals surface area contributed by atoms with E-state index >= 15 is 0 Å². The number of nitrogens with zero attached hydrogens (tertiary/aromatic N) is 1. The lowest BCUT2D eigenvalue weighted by molar-refractivity contribution is -0.0318. The Hall–Kier alpha value is -1.59. The van der Waals surface area contributed by atoms with Gasteiger partial charge in [0, 0.05) is 32.1 Å². The maximum Gasteiger partial charge on any atom is 0.193 e. The molecule has 0 amide bonds. The van der Waals surface area contributed by atoms with Gasteiger partial charge in [0.25, 0.3) is 0 Å². The summed E-state index contributed by atoms with van der Waals surface area (Å²) in [4.78, 5) is 4.34. The van der Waals surface area contributed by atoms with E-state index in [1.807, 2.05) is 0 Å². The van der Waals surface area contributed by atoms with Gasteiger partial charge in [-0.25, -0.2) is 0 Å². The van der Waals surface area contributed by atoms with Crippen LogP contribution in [0.2, 0.25) is 0 Å². The van der Waals surface area contributed by atoms with E-state index in [1.54, 1.807) is 0 Å². The number of ether oxygens (including phenoxy) is 2. The summed E-state index contributed by atoms with van der Waals surface area (Å²) in [6.45, 7) is 7.17. The first-order chi connectivity index (χ1) is 10.6. The van der Waals surface area contributed by atoms with E-state index in [-0.39, 0.29) is 0 Å². The van der Waals surface area contributed by atoms with Gasteiger partial charge in [-0.2, -0.15) is 0 Å². The number of nitrogens with two attached hydrogens (primary N) is 1. The van der Waals surface area contributed by atoms with Crippen LogP contribution in [0.3, 0.4) is 0 Å². The molecule has 1 aromatic rings. The first kappa shape index (κ1) is 16.8. The molecule has 2 rings (SSSR count). The zero-order valence-electron chi connectivity index (χ0n) is 13.6. The van der Waals surface area contributed by atoms with Crippen molar-refractivity contribution in [2.45, 2.75) is 39.2 Å². The van der Waals surface area contributed by atoms with Crippen LogP contribution in [0.1, 0.15) is 30.4 Å². The van der Waals surface area contributed by atoms with E-state index < -0.39 is 0 Å². The molecule has 122 valence electrons. The first-order valence-corrected chi connectivity index (χ1v) is 7.98. The molecular weight excluding hydrogens is 278 g/mol. The number of rotatable bonds is 6. The summed E-state index contributed by atoms with van der Waals surface area (Å²) in [7, 11) is 0. The zero-order chi connectivity index (χ0) is 15.8. The largest absolute Gasteiger partial charge is 0.381 e. The molecular formula is C17H27N3O2. The van der Waals surface area contributed by atoms with Crippen LogP contribution in [-0.2, 0) is 9.47 Å². The van der Waals surface area contributed by atoms with Crippen molar-refractivity contribution in [3.63, 3.8) is 0 Å². The SMILES string of the molecule is Cc1cc(C)cc(NC(N)=NCCCOC2CCOCC2)c1. The minimum absolute atomic E-state index is 0.350. The molecule has 1 saturated heterocycles. The molecule has 3 N–H and O–H groups in total. The molecule has 0 aromatic heterocycles. The quantitative estimate of drug-likeness (QED) is 0.481. The lowest BCUT2D eigenvalue weighted by Gasteiger charge is -2.22. The van der Waals surface area contributed by atoms with Crippen molar-refractivity contribution in [2.24, 2.45) is 10.7 Å². The molecule has 1 heterocycles. The van der Waals surface area contributed by atoms with Crippen molar-refractivity contribution in [3.05, 3.63) is 29.3 Å². The molecule has 0 saturated carbocycles. The average Bonchev–Trinajstić information content (AvgIpc) is 2.47. The summed E-state index contributed by atoms with van der Waals surface area (Å²) in [6, 6.07) is 6.25. The van der Waals surface area contributed by atoms with Crippen LogP contribution in [0.4, 0.5) is 5.69 Å². The van der Waals surface area contributed by atoms with Crippen LogP contribution < -0.4 is 11.1 Å². The summed E-state index contributed by atoms with van der Waals surface area (Å²) in [6.07, 6.45) is 3.23. The highest BCUT2D eigenvalue weighted by atomic mass is 16.5. The van der Waals surface area contributed by atoms with Gasteiger partial charge in [0.05, 0.1) is 6.10 Å². The number of nitrogens with one attached hydrogen (secondary N) is 1. The molecule has 5 nitrogen and oxygen atoms in total. The number of aliphatic imine (C=N–C) groups is 1. The Bertz CT molecular complexity index is 476. The number of hydrogen-bond acceptors (Lipinski definition) is 3. The third-order valence-corrected chi connectivity index (χ3v) is 3.60. The van der Waals surface area contributed by atoms with Crippen LogP contribution in [0.5, 0.6) is 0 Å². The fourth-order valence-electron chi connectivity index (χ4n) is 2.59. The molecule has 1 aliphatic rings. The predicted molar refractivity (Wildman–Crippen MR) is 90.4 cm³/mol. The monoisotopic (exact) mass is 305 g/mol. The summed E-state index contributed by atoms with van der Waals surface area (Å²) in [5.41, 5.74) is 9.31. The fraction of sp³-hybridized carbons (Fsp3) is 0.588. The topological polar surface area (TPSA) is 68.9 Å². The Balaban J connectivity index is 1.66. The van der Waals surface area contributed by atoms with Gasteiger partial charge >= 0.3 is 0 Å². The number of benzene rings is 1. The molecule has 5 heteroatoms. The summed E-state index contributed by atoms with van der Waals surface area (Å²) < 4.78 is 11.1. The van der Waals surface area contributed by atoms with Gasteiger partial charge < -0.3 is 20.5 Å². The molecule has 0 unspecified atom stereocenters. The molecule has 0 bridgehead atoms. The molecule has 0 radical (unpaired) electrons. The molecule has 0 aliphatic carbocycles. The van der Waals surface area contributed by atoms with E-state index in [1.165, 1.54) is 11.1 Å². The van der Waals surface area contributed by atoms with Gasteiger partial charge in [-0.05, 0) is 56.4 Å². The van der Waals surface area contributed by atoms with Crippen LogP contribution in [-0.4, -0.2) is 38.4 Å². The average molecular weight is 305 g/mol. The highest BCUT2D eigenvalue weighted by Crippen LogP contribution is 2.13. The zero-order valence-corrected chi connectivity index (χ0v) is 13.6. The van der Waals surface area contributed by atoms with E-state index in [9.17, 15) is 0 Å². The number of aryl methyl sites for hydroxylation is 2. The van der Waals surface area contributed by atoms with E-state index in [4.69, 9.17) is 15.2 Å². The number of anilines is 1. The predicted octanol–water partition coefficient (Wildman–Crippen LogP) is 2.62. The molecule has 1 aliphatic heterocycles. The second-order valence-electron chi connectivity index (χ2n) is 5.80. The lowest BCUT2D eigenvalue weighted by atomic mass is 10.1. The molecule has 1 fully saturated rings. The summed E-state index contributed by atoms with van der Waals surface area (Å²) in [5, 5.41) is 3.13. The van der Waals surface area contributed by atoms with Gasteiger partial charge in [0.1, 0.15) is 0 Å². The first-order valence-electron chi connectivity index (χ1n) is 7.98. The number of hydrogen-bond donors (Lipinski definition) is 2. The Labute approximate surface area is 132 Å². The Morgan fingerprint density at radius 1 is 1.27 bits per heavy atom. The van der Waals surface area contributed by atoms with Crippen LogP contribution in [0.15, 0.2) is 23.2 Å². The minimum Gasteiger partial charge on any atom is -0.381 e. The van der Waals surface area contributed by atoms with Crippen molar-refractivity contribution in [1.82, 2.24) is 0 Å².